The number of aryl methyl sites for hydroxylation is 3. The number of nitrogens with one attached hydrogen (secondary N) is 2. The quantitative estimate of drug-likeness (QED) is 0.427. The molecule has 4 rings (SSSR count). The molecule has 4 N–H and O–H groups in total. The van der Waals surface area contributed by atoms with E-state index in [9.17, 15) is 14.7 Å². The number of hydrogen-bond donors (Lipinski definition) is 4. The first kappa shape index (κ1) is 23.4. The number of carbonyl (C=O) groups is 2. The van der Waals surface area contributed by atoms with E-state index in [1.54, 1.807) is 12.1 Å². The first-order valence-electron chi connectivity index (χ1n) is 11.5. The summed E-state index contributed by atoms with van der Waals surface area (Å²) in [4.78, 5) is 23.5. The topological polar surface area (TPSA) is 111 Å². The number of rotatable bonds is 9. The van der Waals surface area contributed by atoms with Crippen molar-refractivity contribution < 1.29 is 19.8 Å². The molecule has 0 saturated carbocycles. The predicted molar refractivity (Wildman–Crippen MR) is 132 cm³/mol. The molecule has 0 fully saturated rings. The van der Waals surface area contributed by atoms with Crippen molar-refractivity contribution in [2.24, 2.45) is 11.0 Å². The second-order valence-corrected chi connectivity index (χ2v) is 8.69. The number of hydrazone groups is 1. The van der Waals surface area contributed by atoms with Crippen molar-refractivity contribution in [3.63, 3.8) is 0 Å². The molecular weight excluding hydrogens is 430 g/mol. The first-order valence-corrected chi connectivity index (χ1v) is 11.5. The monoisotopic (exact) mass is 459 g/mol. The van der Waals surface area contributed by atoms with Crippen molar-refractivity contribution in [1.29, 1.82) is 0 Å². The summed E-state index contributed by atoms with van der Waals surface area (Å²) in [7, 11) is 0. The Labute approximate surface area is 198 Å². The van der Waals surface area contributed by atoms with E-state index in [1.165, 1.54) is 11.1 Å². The molecule has 0 bridgehead atoms. The van der Waals surface area contributed by atoms with E-state index in [0.29, 0.717) is 29.8 Å². The second kappa shape index (κ2) is 10.5. The van der Waals surface area contributed by atoms with Crippen LogP contribution >= 0.6 is 0 Å². The van der Waals surface area contributed by atoms with Gasteiger partial charge in [0.05, 0.1) is 11.4 Å². The lowest BCUT2D eigenvalue weighted by Crippen LogP contribution is -2.31. The van der Waals surface area contributed by atoms with E-state index >= 15 is 0 Å². The Bertz CT molecular complexity index is 1180. The summed E-state index contributed by atoms with van der Waals surface area (Å²) >= 11 is 0. The number of aliphatic carboxylic acids is 1. The molecule has 2 aliphatic rings. The van der Waals surface area contributed by atoms with Crippen LogP contribution in [0.1, 0.15) is 41.5 Å². The molecular formula is C27H29N3O4. The smallest absolute Gasteiger partial charge is 0.303 e. The number of carboxylic acids is 1. The zero-order valence-corrected chi connectivity index (χ0v) is 19.1. The Kier molecular flexibility index (Phi) is 7.23. The fourth-order valence-corrected chi connectivity index (χ4v) is 4.45. The minimum atomic E-state index is -0.847. The Morgan fingerprint density at radius 3 is 2.71 bits per heavy atom. The van der Waals surface area contributed by atoms with Crippen LogP contribution in [0.4, 0.5) is 5.69 Å². The summed E-state index contributed by atoms with van der Waals surface area (Å²) in [6.45, 7) is 2.09. The van der Waals surface area contributed by atoms with Gasteiger partial charge in [-0.1, -0.05) is 48.6 Å². The lowest BCUT2D eigenvalue weighted by Gasteiger charge is -2.25. The number of fused-ring (bicyclic) bond motifs is 1. The highest BCUT2D eigenvalue weighted by Crippen LogP contribution is 2.29. The molecule has 7 heteroatoms. The van der Waals surface area contributed by atoms with Crippen molar-refractivity contribution in [3.8, 4) is 0 Å². The Hall–Kier alpha value is -3.71. The van der Waals surface area contributed by atoms with Gasteiger partial charge in [-0.15, -0.1) is 0 Å². The van der Waals surface area contributed by atoms with Gasteiger partial charge in [-0.05, 0) is 61.4 Å². The number of allylic oxidation sites excluding steroid dienone is 2. The zero-order valence-electron chi connectivity index (χ0n) is 19.1. The third-order valence-corrected chi connectivity index (χ3v) is 6.35. The minimum Gasteiger partial charge on any atom is -0.481 e. The van der Waals surface area contributed by atoms with Crippen molar-refractivity contribution >= 4 is 23.3 Å². The lowest BCUT2D eigenvalue weighted by molar-refractivity contribution is -0.137. The molecule has 0 saturated heterocycles. The normalized spacial score (nSPS) is 20.1. The molecule has 0 aromatic heterocycles. The van der Waals surface area contributed by atoms with Crippen LogP contribution in [0.3, 0.4) is 0 Å². The molecule has 2 aromatic carbocycles. The van der Waals surface area contributed by atoms with Gasteiger partial charge >= 0.3 is 5.97 Å². The molecule has 2 unspecified atom stereocenters. The molecule has 2 aromatic rings. The van der Waals surface area contributed by atoms with Crippen LogP contribution in [0.5, 0.6) is 0 Å². The van der Waals surface area contributed by atoms with Crippen molar-refractivity contribution in [1.82, 2.24) is 5.43 Å². The Morgan fingerprint density at radius 2 is 1.91 bits per heavy atom. The largest absolute Gasteiger partial charge is 0.481 e. The van der Waals surface area contributed by atoms with Crippen LogP contribution in [-0.4, -0.2) is 33.9 Å². The maximum atomic E-state index is 12.6. The summed E-state index contributed by atoms with van der Waals surface area (Å²) in [5.41, 5.74) is 8.41. The van der Waals surface area contributed by atoms with E-state index < -0.39 is 12.1 Å². The predicted octanol–water partition coefficient (Wildman–Crippen LogP) is 3.71. The van der Waals surface area contributed by atoms with Crippen LogP contribution in [0, 0.1) is 12.8 Å². The number of aliphatic hydroxyl groups is 1. The standard InChI is InChI=1S/C27H29N3O4/c1-17-7-2-3-8-18(17)15-16-20-11-5-13-22(26(20)33)29-30-25-24-19(10-6-14-23(31)32)9-4-12-21(24)28-27(25)34/h2-5,7-9,11-13,20,26,29,33H,6,10,14-16H2,1H3,(H,31,32)(H,28,30,34). The van der Waals surface area contributed by atoms with E-state index in [-0.39, 0.29) is 24.0 Å². The number of carboxylic acid groups (broad SMARTS) is 1. The highest BCUT2D eigenvalue weighted by atomic mass is 16.4. The van der Waals surface area contributed by atoms with Gasteiger partial charge in [0.2, 0.25) is 0 Å². The zero-order chi connectivity index (χ0) is 24.1. The average molecular weight is 460 g/mol. The number of hydrogen-bond acceptors (Lipinski definition) is 5. The fraction of sp³-hybridized carbons (Fsp3) is 0.296. The van der Waals surface area contributed by atoms with E-state index in [4.69, 9.17) is 5.11 Å². The summed E-state index contributed by atoms with van der Waals surface area (Å²) in [6.07, 6.45) is 7.61. The van der Waals surface area contributed by atoms with E-state index in [2.05, 4.69) is 34.9 Å². The van der Waals surface area contributed by atoms with E-state index in [1.807, 2.05) is 36.4 Å². The summed E-state index contributed by atoms with van der Waals surface area (Å²) in [5, 5.41) is 27.0. The summed E-state index contributed by atoms with van der Waals surface area (Å²) in [6, 6.07) is 13.8. The second-order valence-electron chi connectivity index (χ2n) is 8.69. The molecule has 0 radical (unpaired) electrons. The third kappa shape index (κ3) is 5.26. The van der Waals surface area contributed by atoms with Gasteiger partial charge in [0.15, 0.2) is 5.71 Å². The van der Waals surface area contributed by atoms with Crippen LogP contribution < -0.4 is 10.7 Å². The SMILES string of the molecule is Cc1ccccc1CCC1C=CC=C(NN=C2C(=O)Nc3cccc(CCCC(=O)O)c32)C1O. The number of carbonyl (C=O) groups excluding carboxylic acids is 1. The highest BCUT2D eigenvalue weighted by molar-refractivity contribution is 6.54. The fourth-order valence-electron chi connectivity index (χ4n) is 4.45. The molecule has 0 spiro atoms. The molecule has 2 atom stereocenters. The number of benzene rings is 2. The molecule has 1 aliphatic carbocycles. The van der Waals surface area contributed by atoms with Crippen LogP contribution in [0.15, 0.2) is 71.5 Å². The molecule has 176 valence electrons. The van der Waals surface area contributed by atoms with Crippen molar-refractivity contribution in [2.75, 3.05) is 5.32 Å². The summed E-state index contributed by atoms with van der Waals surface area (Å²) < 4.78 is 0. The molecule has 34 heavy (non-hydrogen) atoms. The van der Waals surface area contributed by atoms with Gasteiger partial charge in [0.1, 0.15) is 6.10 Å². The van der Waals surface area contributed by atoms with Crippen LogP contribution in [-0.2, 0) is 22.4 Å². The van der Waals surface area contributed by atoms with Gasteiger partial charge in [0.25, 0.3) is 5.91 Å². The Balaban J connectivity index is 1.46. The van der Waals surface area contributed by atoms with Crippen LogP contribution in [0.2, 0.25) is 0 Å². The lowest BCUT2D eigenvalue weighted by atomic mass is 9.88. The summed E-state index contributed by atoms with van der Waals surface area (Å²) in [5.74, 6) is -1.24. The number of nitrogens with zero attached hydrogens (tertiary/aromatic N) is 1. The molecule has 1 amide bonds. The number of amides is 1. The van der Waals surface area contributed by atoms with Gasteiger partial charge in [-0.2, -0.15) is 5.10 Å². The van der Waals surface area contributed by atoms with Crippen molar-refractivity contribution in [2.45, 2.75) is 45.1 Å². The van der Waals surface area contributed by atoms with Gasteiger partial charge in [-0.3, -0.25) is 15.0 Å². The van der Waals surface area contributed by atoms with E-state index in [0.717, 1.165) is 18.4 Å². The number of anilines is 1. The molecule has 7 nitrogen and oxygen atoms in total. The maximum Gasteiger partial charge on any atom is 0.303 e. The first-order chi connectivity index (χ1) is 16.4. The maximum absolute atomic E-state index is 12.6. The van der Waals surface area contributed by atoms with Gasteiger partial charge in [-0.25, -0.2) is 0 Å². The van der Waals surface area contributed by atoms with Crippen LogP contribution in [0.25, 0.3) is 0 Å². The highest BCUT2D eigenvalue weighted by Gasteiger charge is 2.29. The minimum absolute atomic E-state index is 0.0606. The average Bonchev–Trinajstić information content (AvgIpc) is 3.14. The molecule has 1 heterocycles. The third-order valence-electron chi connectivity index (χ3n) is 6.35. The Morgan fingerprint density at radius 1 is 1.12 bits per heavy atom. The number of aliphatic hydroxyl groups excluding tert-OH is 1. The molecule has 1 aliphatic heterocycles. The van der Waals surface area contributed by atoms with Crippen molar-refractivity contribution in [3.05, 3.63) is 88.6 Å². The van der Waals surface area contributed by atoms with Gasteiger partial charge in [0, 0.05) is 17.9 Å². The van der Waals surface area contributed by atoms with Gasteiger partial charge < -0.3 is 15.5 Å².